The summed E-state index contributed by atoms with van der Waals surface area (Å²) in [6.45, 7) is -7.59. The fourth-order valence-electron chi connectivity index (χ4n) is 0.0955. The zero-order chi connectivity index (χ0) is 8.41. The van der Waals surface area contributed by atoms with Crippen molar-refractivity contribution in [2.24, 2.45) is 11.0 Å². The summed E-state index contributed by atoms with van der Waals surface area (Å²) >= 11 is 0. The Hall–Kier alpha value is 1.00. The summed E-state index contributed by atoms with van der Waals surface area (Å²) in [6.07, 6.45) is 0. The average Bonchev–Trinajstić information content (AvgIpc) is 1.57. The molecule has 0 saturated carbocycles. The van der Waals surface area contributed by atoms with Crippen molar-refractivity contribution >= 4 is 34.3 Å². The first kappa shape index (κ1) is 11.0. The van der Waals surface area contributed by atoms with Crippen LogP contribution in [0.2, 0.25) is 0 Å². The molecule has 0 aromatic rings. The molecular weight excluding hydrogens is 218 g/mol. The van der Waals surface area contributed by atoms with Crippen LogP contribution < -0.4 is 11.0 Å². The van der Waals surface area contributed by atoms with Gasteiger partial charge in [-0.1, -0.05) is 0 Å². The highest BCUT2D eigenvalue weighted by atomic mass is 33.5. The summed E-state index contributed by atoms with van der Waals surface area (Å²) in [5.74, 6) is 0. The summed E-state index contributed by atoms with van der Waals surface area (Å²) in [4.78, 5) is 16.7. The van der Waals surface area contributed by atoms with Crippen LogP contribution >= 0.6 is 34.3 Å². The molecule has 0 heterocycles. The van der Waals surface area contributed by atoms with Gasteiger partial charge in [-0.3, -0.25) is 9.13 Å². The molecule has 0 saturated heterocycles. The Morgan fingerprint density at radius 3 is 1.30 bits per heavy atom. The van der Waals surface area contributed by atoms with E-state index < -0.39 is 13.4 Å². The summed E-state index contributed by atoms with van der Waals surface area (Å²) in [5, 5.41) is 0. The highest BCUT2D eigenvalue weighted by Gasteiger charge is 2.20. The van der Waals surface area contributed by atoms with Crippen molar-refractivity contribution in [1.29, 1.82) is 0 Å². The van der Waals surface area contributed by atoms with Gasteiger partial charge in [0.05, 0.1) is 0 Å². The normalized spacial score (nSPS) is 23.2. The molecule has 0 fully saturated rings. The van der Waals surface area contributed by atoms with E-state index in [1.54, 1.807) is 0 Å². The van der Waals surface area contributed by atoms with Crippen molar-refractivity contribution in [3.8, 4) is 0 Å². The summed E-state index contributed by atoms with van der Waals surface area (Å²) in [5.41, 5.74) is 9.22. The molecular formula is H6N2O4P2S2. The third kappa shape index (κ3) is 9.00. The molecule has 6 nitrogen and oxygen atoms in total. The standard InChI is InChI=1S/H6N2O4P2S2/c1-7(3,4)9-10-8(2,5)6/h(H3,1,3,4)(H3,2,5,6). The first-order valence-electron chi connectivity index (χ1n) is 1.81. The number of hydrogen-bond acceptors (Lipinski definition) is 4. The zero-order valence-corrected chi connectivity index (χ0v) is 8.00. The third-order valence-corrected chi connectivity index (χ3v) is 8.47. The van der Waals surface area contributed by atoms with Crippen LogP contribution in [0.25, 0.3) is 0 Å². The van der Waals surface area contributed by atoms with Crippen LogP contribution in [0.3, 0.4) is 0 Å². The van der Waals surface area contributed by atoms with Gasteiger partial charge < -0.3 is 9.79 Å². The van der Waals surface area contributed by atoms with E-state index in [9.17, 15) is 9.13 Å². The smallest absolute Gasteiger partial charge is 0.325 e. The molecule has 10 heavy (non-hydrogen) atoms. The Bertz CT molecular complexity index is 169. The van der Waals surface area contributed by atoms with E-state index in [2.05, 4.69) is 11.0 Å². The summed E-state index contributed by atoms with van der Waals surface area (Å²) in [7, 11) is 0.416. The lowest BCUT2D eigenvalue weighted by molar-refractivity contribution is 0.496. The van der Waals surface area contributed by atoms with Gasteiger partial charge in [0.15, 0.2) is 0 Å². The minimum atomic E-state index is -3.79. The summed E-state index contributed by atoms with van der Waals surface area (Å²) in [6, 6.07) is 0. The predicted octanol–water partition coefficient (Wildman–Crippen LogP) is 0.486. The number of rotatable bonds is 3. The van der Waals surface area contributed by atoms with E-state index in [-0.39, 0.29) is 20.8 Å². The van der Waals surface area contributed by atoms with Crippen molar-refractivity contribution in [1.82, 2.24) is 0 Å². The van der Waals surface area contributed by atoms with Gasteiger partial charge in [-0.2, -0.15) is 0 Å². The van der Waals surface area contributed by atoms with E-state index in [4.69, 9.17) is 9.79 Å². The van der Waals surface area contributed by atoms with Crippen LogP contribution in [0.4, 0.5) is 0 Å². The lowest BCUT2D eigenvalue weighted by Crippen LogP contribution is -1.88. The van der Waals surface area contributed by atoms with Crippen molar-refractivity contribution in [2.45, 2.75) is 0 Å². The van der Waals surface area contributed by atoms with Gasteiger partial charge in [0.25, 0.3) is 0 Å². The second-order valence-corrected chi connectivity index (χ2v) is 10.5. The van der Waals surface area contributed by atoms with Gasteiger partial charge in [-0.15, -0.1) is 0 Å². The van der Waals surface area contributed by atoms with Gasteiger partial charge in [-0.05, 0) is 0 Å². The van der Waals surface area contributed by atoms with Crippen molar-refractivity contribution in [3.05, 3.63) is 0 Å². The van der Waals surface area contributed by atoms with Crippen molar-refractivity contribution < 1.29 is 18.9 Å². The first-order valence-corrected chi connectivity index (χ1v) is 8.63. The van der Waals surface area contributed by atoms with Gasteiger partial charge in [0, 0.05) is 20.8 Å². The lowest BCUT2D eigenvalue weighted by Gasteiger charge is -2.03. The quantitative estimate of drug-likeness (QED) is 0.402. The molecule has 0 rings (SSSR count). The second kappa shape index (κ2) is 3.60. The van der Waals surface area contributed by atoms with Crippen LogP contribution in [0.15, 0.2) is 0 Å². The van der Waals surface area contributed by atoms with Crippen molar-refractivity contribution in [3.63, 3.8) is 0 Å². The summed E-state index contributed by atoms with van der Waals surface area (Å²) < 4.78 is 20.5. The van der Waals surface area contributed by atoms with Gasteiger partial charge in [-0.25, -0.2) is 11.0 Å². The highest BCUT2D eigenvalue weighted by molar-refractivity contribution is 9.13. The van der Waals surface area contributed by atoms with Crippen molar-refractivity contribution in [2.75, 3.05) is 0 Å². The van der Waals surface area contributed by atoms with Gasteiger partial charge in [0.2, 0.25) is 0 Å². The van der Waals surface area contributed by atoms with E-state index >= 15 is 0 Å². The Morgan fingerprint density at radius 1 is 1.00 bits per heavy atom. The fourth-order valence-corrected chi connectivity index (χ4v) is 7.74. The van der Waals surface area contributed by atoms with E-state index in [0.717, 1.165) is 0 Å². The molecule has 2 atom stereocenters. The van der Waals surface area contributed by atoms with E-state index in [0.29, 0.717) is 0 Å². The minimum absolute atomic E-state index is 0.208. The van der Waals surface area contributed by atoms with Crippen LogP contribution in [-0.2, 0) is 9.13 Å². The monoisotopic (exact) mass is 224 g/mol. The van der Waals surface area contributed by atoms with Gasteiger partial charge >= 0.3 is 13.4 Å². The molecule has 0 aliphatic carbocycles. The SMILES string of the molecule is NP(=O)(O)SSP(N)(=O)O. The molecule has 0 aliphatic heterocycles. The minimum Gasteiger partial charge on any atom is -0.325 e. The van der Waals surface area contributed by atoms with Gasteiger partial charge in [0.1, 0.15) is 0 Å². The maximum atomic E-state index is 10.2. The maximum Gasteiger partial charge on any atom is 0.332 e. The van der Waals surface area contributed by atoms with Crippen LogP contribution in [-0.4, -0.2) is 9.79 Å². The largest absolute Gasteiger partial charge is 0.332 e. The molecule has 0 spiro atoms. The average molecular weight is 224 g/mol. The Balaban J connectivity index is 3.79. The molecule has 62 valence electrons. The Labute approximate surface area is 64.7 Å². The molecule has 2 unspecified atom stereocenters. The maximum absolute atomic E-state index is 10.2. The topological polar surface area (TPSA) is 127 Å². The first-order chi connectivity index (χ1) is 4.21. The predicted molar refractivity (Wildman–Crippen MR) is 43.2 cm³/mol. The lowest BCUT2D eigenvalue weighted by atomic mass is 13.9. The van der Waals surface area contributed by atoms with Crippen LogP contribution in [0.5, 0.6) is 0 Å². The number of hydrogen-bond donors (Lipinski definition) is 4. The highest BCUT2D eigenvalue weighted by Crippen LogP contribution is 2.66. The Morgan fingerprint density at radius 2 is 1.20 bits per heavy atom. The molecule has 0 radical (unpaired) electrons. The molecule has 0 bridgehead atoms. The third-order valence-electron chi connectivity index (χ3n) is 0.247. The molecule has 10 heteroatoms. The molecule has 0 amide bonds. The second-order valence-electron chi connectivity index (χ2n) is 1.28. The Kier molecular flexibility index (Phi) is 3.96. The molecule has 6 N–H and O–H groups in total. The van der Waals surface area contributed by atoms with Crippen LogP contribution in [0.1, 0.15) is 0 Å². The van der Waals surface area contributed by atoms with E-state index in [1.165, 1.54) is 0 Å². The molecule has 0 aromatic heterocycles. The fraction of sp³-hybridized carbons (Fsp3) is 0. The number of nitrogens with two attached hydrogens (primary N) is 2. The zero-order valence-electron chi connectivity index (χ0n) is 4.58. The molecule has 0 aromatic carbocycles. The van der Waals surface area contributed by atoms with E-state index in [1.807, 2.05) is 0 Å². The molecule has 0 aliphatic rings. The van der Waals surface area contributed by atoms with Crippen LogP contribution in [0, 0.1) is 0 Å².